The average Bonchev–Trinajstić information content (AvgIpc) is 3.70. The monoisotopic (exact) mass is 586 g/mol. The number of rotatable bonds is 5. The van der Waals surface area contributed by atoms with Gasteiger partial charge < -0.3 is 30.1 Å². The molecule has 1 aromatic heterocycles. The van der Waals surface area contributed by atoms with Gasteiger partial charge in [-0.05, 0) is 66.2 Å². The fraction of sp³-hybridized carbons (Fsp3) is 0.552. The zero-order valence-electron chi connectivity index (χ0n) is 23.2. The SMILES string of the molecule is C[C@]12CN(C(=O)c3cnc(OCC(F)(F)F)c(C4CCOCC4)c3)C[C@H]1[C@@H]1CN(C(=O)c3ccc4c(c3)NNN4)C[C@@H]12. The molecule has 1 aromatic carbocycles. The predicted molar refractivity (Wildman–Crippen MR) is 146 cm³/mol. The molecule has 0 unspecified atom stereocenters. The molecule has 42 heavy (non-hydrogen) atoms. The Morgan fingerprint density at radius 2 is 1.74 bits per heavy atom. The molecule has 4 atom stereocenters. The van der Waals surface area contributed by atoms with Crippen molar-refractivity contribution >= 4 is 23.2 Å². The molecule has 0 bridgehead atoms. The Bertz CT molecular complexity index is 1420. The highest BCUT2D eigenvalue weighted by atomic mass is 19.4. The van der Waals surface area contributed by atoms with E-state index >= 15 is 0 Å². The van der Waals surface area contributed by atoms with Crippen LogP contribution in [-0.4, -0.2) is 78.8 Å². The number of carbonyl (C=O) groups is 2. The van der Waals surface area contributed by atoms with Crippen molar-refractivity contribution in [2.75, 3.05) is 56.9 Å². The molecule has 2 amide bonds. The lowest BCUT2D eigenvalue weighted by Gasteiger charge is -2.52. The molecule has 3 N–H and O–H groups in total. The highest BCUT2D eigenvalue weighted by Crippen LogP contribution is 2.62. The number of hydrogen-bond donors (Lipinski definition) is 3. The molecule has 5 aliphatic rings. The van der Waals surface area contributed by atoms with Gasteiger partial charge in [0, 0.05) is 56.7 Å². The molecule has 224 valence electrons. The second kappa shape index (κ2) is 10.0. The van der Waals surface area contributed by atoms with Gasteiger partial charge in [-0.2, -0.15) is 13.2 Å². The number of carbonyl (C=O) groups excluding carboxylic acids is 2. The number of nitrogens with zero attached hydrogens (tertiary/aromatic N) is 3. The van der Waals surface area contributed by atoms with Gasteiger partial charge in [-0.3, -0.25) is 9.59 Å². The van der Waals surface area contributed by atoms with Gasteiger partial charge in [-0.15, -0.1) is 5.53 Å². The number of nitrogens with one attached hydrogen (secondary N) is 3. The van der Waals surface area contributed by atoms with Crippen LogP contribution in [0.1, 0.15) is 52.0 Å². The summed E-state index contributed by atoms with van der Waals surface area (Å²) in [6.45, 7) is 4.22. The van der Waals surface area contributed by atoms with E-state index in [1.54, 1.807) is 6.07 Å². The number of amides is 2. The van der Waals surface area contributed by atoms with E-state index in [9.17, 15) is 22.8 Å². The largest absolute Gasteiger partial charge is 0.468 e. The van der Waals surface area contributed by atoms with E-state index < -0.39 is 12.8 Å². The summed E-state index contributed by atoms with van der Waals surface area (Å²) >= 11 is 0. The van der Waals surface area contributed by atoms with Gasteiger partial charge in [-0.1, -0.05) is 6.92 Å². The highest BCUT2D eigenvalue weighted by Gasteiger charge is 2.66. The summed E-state index contributed by atoms with van der Waals surface area (Å²) in [6, 6.07) is 7.21. The van der Waals surface area contributed by atoms with Gasteiger partial charge >= 0.3 is 6.18 Å². The number of alkyl halides is 3. The van der Waals surface area contributed by atoms with Crippen molar-refractivity contribution in [1.29, 1.82) is 0 Å². The Kier molecular flexibility index (Phi) is 6.50. The predicted octanol–water partition coefficient (Wildman–Crippen LogP) is 3.65. The van der Waals surface area contributed by atoms with Crippen LogP contribution in [0.15, 0.2) is 30.5 Å². The van der Waals surface area contributed by atoms with Crippen LogP contribution in [0.4, 0.5) is 24.5 Å². The maximum absolute atomic E-state index is 13.7. The Balaban J connectivity index is 1.04. The second-order valence-electron chi connectivity index (χ2n) is 12.3. The van der Waals surface area contributed by atoms with Crippen LogP contribution in [0, 0.1) is 23.2 Å². The summed E-state index contributed by atoms with van der Waals surface area (Å²) in [5.41, 5.74) is 11.9. The zero-order chi connectivity index (χ0) is 29.2. The number of hydrogen-bond acceptors (Lipinski definition) is 8. The smallest absolute Gasteiger partial charge is 0.422 e. The van der Waals surface area contributed by atoms with E-state index in [1.807, 2.05) is 28.0 Å². The first kappa shape index (κ1) is 27.3. The number of hydrazine groups is 2. The maximum atomic E-state index is 13.7. The molecule has 7 rings (SSSR count). The third-order valence-electron chi connectivity index (χ3n) is 9.92. The Morgan fingerprint density at radius 3 is 2.50 bits per heavy atom. The molecule has 1 saturated carbocycles. The van der Waals surface area contributed by atoms with Gasteiger partial charge in [0.15, 0.2) is 6.61 Å². The molecule has 13 heteroatoms. The molecule has 4 fully saturated rings. The minimum absolute atomic E-state index is 0.00931. The first-order chi connectivity index (χ1) is 20.1. The topological polar surface area (TPSA) is 108 Å². The molecule has 5 heterocycles. The van der Waals surface area contributed by atoms with Crippen LogP contribution in [0.25, 0.3) is 0 Å². The molecule has 10 nitrogen and oxygen atoms in total. The number of benzene rings is 1. The van der Waals surface area contributed by atoms with E-state index in [0.717, 1.165) is 11.4 Å². The molecule has 1 aliphatic carbocycles. The van der Waals surface area contributed by atoms with Crippen LogP contribution in [-0.2, 0) is 4.74 Å². The van der Waals surface area contributed by atoms with E-state index in [1.165, 1.54) is 6.20 Å². The fourth-order valence-corrected chi connectivity index (χ4v) is 7.77. The first-order valence-corrected chi connectivity index (χ1v) is 14.4. The number of fused-ring (bicyclic) bond motifs is 5. The van der Waals surface area contributed by atoms with Crippen molar-refractivity contribution < 1.29 is 32.2 Å². The first-order valence-electron chi connectivity index (χ1n) is 14.4. The molecular weight excluding hydrogens is 553 g/mol. The average molecular weight is 587 g/mol. The summed E-state index contributed by atoms with van der Waals surface area (Å²) in [6.07, 6.45) is -1.91. The lowest BCUT2D eigenvalue weighted by atomic mass is 9.50. The Hall–Kier alpha value is -3.58. The standard InChI is InChI=1S/C29H33F3N6O4/c1-28-14-38(27(40)18-8-19(16-4-6-41-7-5-16)25(33-10-18)42-15-29(30,31)32)13-22(28)20-11-37(12-21(20)28)26(39)17-2-3-23-24(9-17)35-36-34-23/h2-3,8-10,16,20-22,34-36H,4-7,11-15H2,1H3/t20-,21+,22+,28-/m1/s1. The second-order valence-corrected chi connectivity index (χ2v) is 12.3. The number of aromatic nitrogens is 1. The number of halogens is 3. The number of ether oxygens (including phenoxy) is 2. The summed E-state index contributed by atoms with van der Waals surface area (Å²) in [5, 5.41) is 0. The number of pyridine rings is 1. The van der Waals surface area contributed by atoms with Crippen LogP contribution in [0.5, 0.6) is 5.88 Å². The number of anilines is 2. The van der Waals surface area contributed by atoms with Gasteiger partial charge in [0.25, 0.3) is 11.8 Å². The lowest BCUT2D eigenvalue weighted by Crippen LogP contribution is -2.53. The van der Waals surface area contributed by atoms with E-state index in [4.69, 9.17) is 9.47 Å². The van der Waals surface area contributed by atoms with Crippen LogP contribution in [0.3, 0.4) is 0 Å². The van der Waals surface area contributed by atoms with Gasteiger partial charge in [-0.25, -0.2) is 4.98 Å². The van der Waals surface area contributed by atoms with E-state index in [-0.39, 0.29) is 34.9 Å². The molecule has 3 saturated heterocycles. The lowest BCUT2D eigenvalue weighted by molar-refractivity contribution is -0.154. The summed E-state index contributed by atoms with van der Waals surface area (Å²) < 4.78 is 49.1. The normalized spacial score (nSPS) is 28.3. The van der Waals surface area contributed by atoms with Gasteiger partial charge in [0.2, 0.25) is 5.88 Å². The number of likely N-dealkylation sites (tertiary alicyclic amines) is 2. The van der Waals surface area contributed by atoms with Crippen molar-refractivity contribution in [3.8, 4) is 5.88 Å². The summed E-state index contributed by atoms with van der Waals surface area (Å²) in [7, 11) is 0. The van der Waals surface area contributed by atoms with Crippen molar-refractivity contribution in [2.45, 2.75) is 31.9 Å². The van der Waals surface area contributed by atoms with Crippen LogP contribution in [0.2, 0.25) is 0 Å². The minimum Gasteiger partial charge on any atom is -0.468 e. The molecule has 0 radical (unpaired) electrons. The van der Waals surface area contributed by atoms with E-state index in [0.29, 0.717) is 80.8 Å². The third kappa shape index (κ3) is 4.62. The fourth-order valence-electron chi connectivity index (χ4n) is 7.77. The molecular formula is C29H33F3N6O4. The van der Waals surface area contributed by atoms with Gasteiger partial charge in [0.1, 0.15) is 0 Å². The summed E-state index contributed by atoms with van der Waals surface area (Å²) in [5.74, 6) is 0.567. The minimum atomic E-state index is -4.49. The van der Waals surface area contributed by atoms with Crippen molar-refractivity contribution in [3.63, 3.8) is 0 Å². The molecule has 0 spiro atoms. The third-order valence-corrected chi connectivity index (χ3v) is 9.92. The summed E-state index contributed by atoms with van der Waals surface area (Å²) in [4.78, 5) is 35.0. The Labute approximate surface area is 240 Å². The highest BCUT2D eigenvalue weighted by molar-refractivity contribution is 5.97. The quantitative estimate of drug-likeness (QED) is 0.488. The van der Waals surface area contributed by atoms with Crippen molar-refractivity contribution in [3.05, 3.63) is 47.2 Å². The van der Waals surface area contributed by atoms with Crippen LogP contribution < -0.4 is 21.1 Å². The van der Waals surface area contributed by atoms with Crippen molar-refractivity contribution in [1.82, 2.24) is 20.3 Å². The Morgan fingerprint density at radius 1 is 1.02 bits per heavy atom. The maximum Gasteiger partial charge on any atom is 0.422 e. The van der Waals surface area contributed by atoms with Gasteiger partial charge in [0.05, 0.1) is 16.9 Å². The molecule has 4 aliphatic heterocycles. The van der Waals surface area contributed by atoms with Crippen LogP contribution >= 0.6 is 0 Å². The zero-order valence-corrected chi connectivity index (χ0v) is 23.2. The van der Waals surface area contributed by atoms with Crippen molar-refractivity contribution in [2.24, 2.45) is 23.2 Å². The van der Waals surface area contributed by atoms with E-state index in [2.05, 4.69) is 28.3 Å². The molecule has 2 aromatic rings.